The number of esters is 1. The molecule has 5 atom stereocenters. The molecule has 0 spiro atoms. The van der Waals surface area contributed by atoms with Crippen molar-refractivity contribution in [3.05, 3.63) is 68.8 Å². The zero-order chi connectivity index (χ0) is 32.5. The molecule has 3 aromatic rings. The van der Waals surface area contributed by atoms with Crippen LogP contribution in [0.1, 0.15) is 137 Å². The number of aryl methyl sites for hydroxylation is 2. The average Bonchev–Trinajstić information content (AvgIpc) is 3.72. The predicted molar refractivity (Wildman–Crippen MR) is 169 cm³/mol. The quantitative estimate of drug-likeness (QED) is 0.159. The first-order valence-electron chi connectivity index (χ1n) is 15.5. The molecule has 3 N–H and O–H groups in total. The summed E-state index contributed by atoms with van der Waals surface area (Å²) in [6.07, 6.45) is 0.999. The first kappa shape index (κ1) is 30.4. The zero-order valence-electron chi connectivity index (χ0n) is 26.6. The van der Waals surface area contributed by atoms with Crippen molar-refractivity contribution in [1.29, 1.82) is 0 Å². The van der Waals surface area contributed by atoms with Gasteiger partial charge in [0.2, 0.25) is 0 Å². The van der Waals surface area contributed by atoms with E-state index in [1.165, 1.54) is 7.11 Å². The maximum absolute atomic E-state index is 14.0. The maximum Gasteiger partial charge on any atom is 0.321 e. The Bertz CT molecular complexity index is 1970. The van der Waals surface area contributed by atoms with Crippen molar-refractivity contribution < 1.29 is 29.0 Å². The molecular formula is C35H38N4O6. The summed E-state index contributed by atoms with van der Waals surface area (Å²) in [6, 6.07) is 5.84. The van der Waals surface area contributed by atoms with Crippen LogP contribution < -0.4 is 0 Å². The van der Waals surface area contributed by atoms with Gasteiger partial charge in [-0.05, 0) is 62.9 Å². The number of methoxy groups -OCH3 is 1. The molecule has 0 saturated heterocycles. The van der Waals surface area contributed by atoms with E-state index in [1.54, 1.807) is 6.92 Å². The van der Waals surface area contributed by atoms with Gasteiger partial charge in [0.05, 0.1) is 23.8 Å². The summed E-state index contributed by atoms with van der Waals surface area (Å²) < 4.78 is 5.13. The van der Waals surface area contributed by atoms with E-state index in [4.69, 9.17) is 14.7 Å². The van der Waals surface area contributed by atoms with E-state index in [2.05, 4.69) is 23.8 Å². The normalized spacial score (nSPS) is 22.1. The molecule has 0 radical (unpaired) electrons. The van der Waals surface area contributed by atoms with Gasteiger partial charge in [0.15, 0.2) is 11.6 Å². The van der Waals surface area contributed by atoms with E-state index in [1.807, 2.05) is 39.0 Å². The van der Waals surface area contributed by atoms with E-state index in [0.29, 0.717) is 50.2 Å². The number of aromatic nitrogens is 4. The van der Waals surface area contributed by atoms with Crippen molar-refractivity contribution in [2.45, 2.75) is 90.4 Å². The van der Waals surface area contributed by atoms with Gasteiger partial charge in [0.25, 0.3) is 0 Å². The highest BCUT2D eigenvalue weighted by molar-refractivity contribution is 6.23. The number of aliphatic carboxylic acids is 1. The molecule has 10 nitrogen and oxygen atoms in total. The van der Waals surface area contributed by atoms with Crippen LogP contribution in [0.3, 0.4) is 0 Å². The minimum Gasteiger partial charge on any atom is -0.481 e. The monoisotopic (exact) mass is 610 g/mol. The van der Waals surface area contributed by atoms with Crippen LogP contribution in [0.25, 0.3) is 22.1 Å². The van der Waals surface area contributed by atoms with Crippen LogP contribution in [-0.4, -0.2) is 55.7 Å². The van der Waals surface area contributed by atoms with Gasteiger partial charge in [0.1, 0.15) is 5.92 Å². The number of nitrogens with zero attached hydrogens (tertiary/aromatic N) is 2. The van der Waals surface area contributed by atoms with Gasteiger partial charge in [0, 0.05) is 74.9 Å². The Labute approximate surface area is 260 Å². The van der Waals surface area contributed by atoms with E-state index >= 15 is 0 Å². The summed E-state index contributed by atoms with van der Waals surface area (Å²) in [5, 5.41) is 9.60. The van der Waals surface area contributed by atoms with Crippen molar-refractivity contribution in [2.24, 2.45) is 0 Å². The Morgan fingerprint density at radius 2 is 1.53 bits per heavy atom. The SMILES string of the molecule is CCC1c2cc3[nH]c4c(c3C)C(=O)[C@H](C(=O)OC)c4c3nc(cc4[nH]c(cc(n2)[C@@H]1C)c(C(C)=O)c4C)[C@@H](C)[C@@H]3CCC(=O)O. The van der Waals surface area contributed by atoms with E-state index in [9.17, 15) is 24.3 Å². The minimum absolute atomic E-state index is 0.0719. The highest BCUT2D eigenvalue weighted by atomic mass is 16.5. The summed E-state index contributed by atoms with van der Waals surface area (Å²) in [5.41, 5.74) is 8.46. The number of hydrogen-bond donors (Lipinski definition) is 3. The Balaban J connectivity index is 1.81. The number of fused-ring (bicyclic) bond motifs is 8. The fourth-order valence-electron chi connectivity index (χ4n) is 7.61. The van der Waals surface area contributed by atoms with Crippen molar-refractivity contribution in [3.8, 4) is 0 Å². The molecule has 1 aliphatic carbocycles. The minimum atomic E-state index is -1.22. The summed E-state index contributed by atoms with van der Waals surface area (Å²) in [4.78, 5) is 68.9. The number of nitrogens with one attached hydrogen (secondary N) is 2. The molecule has 0 aromatic carbocycles. The number of ether oxygens (including phenoxy) is 1. The van der Waals surface area contributed by atoms with E-state index in [0.717, 1.165) is 28.9 Å². The van der Waals surface area contributed by atoms with Crippen LogP contribution in [-0.2, 0) is 14.3 Å². The smallest absolute Gasteiger partial charge is 0.321 e. The van der Waals surface area contributed by atoms with Crippen LogP contribution in [0, 0.1) is 13.8 Å². The van der Waals surface area contributed by atoms with Crippen molar-refractivity contribution in [1.82, 2.24) is 19.9 Å². The van der Waals surface area contributed by atoms with E-state index in [-0.39, 0.29) is 48.1 Å². The molecule has 45 heavy (non-hydrogen) atoms. The largest absolute Gasteiger partial charge is 0.481 e. The molecule has 0 amide bonds. The molecule has 5 heterocycles. The maximum atomic E-state index is 14.0. The number of rotatable bonds is 6. The molecule has 3 aromatic heterocycles. The molecule has 0 fully saturated rings. The third-order valence-electron chi connectivity index (χ3n) is 10.1. The van der Waals surface area contributed by atoms with Crippen molar-refractivity contribution >= 4 is 45.6 Å². The summed E-state index contributed by atoms with van der Waals surface area (Å²) in [5.74, 6) is -3.69. The number of carboxylic acid groups (broad SMARTS) is 1. The summed E-state index contributed by atoms with van der Waals surface area (Å²) in [6.45, 7) is 11.5. The van der Waals surface area contributed by atoms with Gasteiger partial charge >= 0.3 is 11.9 Å². The molecule has 2 aliphatic heterocycles. The predicted octanol–water partition coefficient (Wildman–Crippen LogP) is 6.64. The number of carboxylic acids is 1. The first-order chi connectivity index (χ1) is 21.4. The number of hydrogen-bond acceptors (Lipinski definition) is 7. The third kappa shape index (κ3) is 4.69. The fraction of sp³-hybridized carbons (Fsp3) is 0.429. The highest BCUT2D eigenvalue weighted by Gasteiger charge is 2.45. The molecule has 10 heteroatoms. The molecule has 0 saturated carbocycles. The van der Waals surface area contributed by atoms with Gasteiger partial charge in [-0.2, -0.15) is 0 Å². The highest BCUT2D eigenvalue weighted by Crippen LogP contribution is 2.48. The lowest BCUT2D eigenvalue weighted by atomic mass is 9.84. The number of Topliss-reactive ketones (excluding diaryl/α,β-unsaturated/α-hetero) is 2. The standard InChI is InChI=1S/C35H38N4O6/c1-8-19-14(2)21-13-26-28(18(6)40)16(4)23(37-26)11-22-15(3)20(9-10-27(41)42)32(38-22)30-31(35(44)45-7)34(43)29-17(5)24(39-33(29)30)12-25(19)36-21/h11-15,19-20,31,37,39H,8-10H2,1-7H3,(H,41,42)/t14-,15+,19?,20+,31-/m1/s1. The van der Waals surface area contributed by atoms with Crippen LogP contribution in [0.5, 0.6) is 0 Å². The lowest BCUT2D eigenvalue weighted by Gasteiger charge is -2.18. The number of aromatic amines is 2. The lowest BCUT2D eigenvalue weighted by molar-refractivity contribution is -0.141. The average molecular weight is 611 g/mol. The second kappa shape index (κ2) is 11.1. The second-order valence-electron chi connectivity index (χ2n) is 12.6. The molecule has 234 valence electrons. The van der Waals surface area contributed by atoms with Crippen LogP contribution in [0.15, 0.2) is 18.2 Å². The number of carbonyl (C=O) groups excluding carboxylic acids is 3. The van der Waals surface area contributed by atoms with Gasteiger partial charge in [-0.1, -0.05) is 20.8 Å². The molecular weight excluding hydrogens is 572 g/mol. The molecule has 3 aliphatic rings. The summed E-state index contributed by atoms with van der Waals surface area (Å²) in [7, 11) is 1.25. The molecule has 6 rings (SSSR count). The fourth-order valence-corrected chi connectivity index (χ4v) is 7.61. The van der Waals surface area contributed by atoms with Gasteiger partial charge in [-0.15, -0.1) is 0 Å². The zero-order valence-corrected chi connectivity index (χ0v) is 26.6. The Morgan fingerprint density at radius 3 is 2.18 bits per heavy atom. The van der Waals surface area contributed by atoms with Gasteiger partial charge < -0.3 is 19.8 Å². The topological polar surface area (TPSA) is 155 Å². The van der Waals surface area contributed by atoms with Gasteiger partial charge in [-0.25, -0.2) is 0 Å². The van der Waals surface area contributed by atoms with Gasteiger partial charge in [-0.3, -0.25) is 29.1 Å². The van der Waals surface area contributed by atoms with E-state index < -0.39 is 17.9 Å². The number of ketones is 2. The van der Waals surface area contributed by atoms with Crippen molar-refractivity contribution in [2.75, 3.05) is 7.11 Å². The van der Waals surface area contributed by atoms with Crippen LogP contribution in [0.4, 0.5) is 0 Å². The molecule has 1 unspecified atom stereocenters. The Hall–Kier alpha value is -4.60. The lowest BCUT2D eigenvalue weighted by Crippen LogP contribution is -2.21. The van der Waals surface area contributed by atoms with Crippen LogP contribution in [0.2, 0.25) is 0 Å². The second-order valence-corrected chi connectivity index (χ2v) is 12.6. The van der Waals surface area contributed by atoms with Crippen molar-refractivity contribution in [3.63, 3.8) is 0 Å². The Morgan fingerprint density at radius 1 is 0.911 bits per heavy atom. The summed E-state index contributed by atoms with van der Waals surface area (Å²) >= 11 is 0. The number of H-pyrrole nitrogens is 2. The first-order valence-corrected chi connectivity index (χ1v) is 15.5. The number of carbonyl (C=O) groups is 4. The molecule has 8 bridgehead atoms. The Kier molecular flexibility index (Phi) is 7.49. The van der Waals surface area contributed by atoms with Crippen LogP contribution >= 0.6 is 0 Å². The third-order valence-corrected chi connectivity index (χ3v) is 10.1.